The molecule has 0 saturated heterocycles. The SMILES string of the molecule is CCOC(=O)[C@H](CSCCC(=O)O)NC(=O)OC(C)(C)C. The highest BCUT2D eigenvalue weighted by molar-refractivity contribution is 7.99. The maximum Gasteiger partial charge on any atom is 0.408 e. The molecule has 0 radical (unpaired) electrons. The summed E-state index contributed by atoms with van der Waals surface area (Å²) in [6, 6.07) is -0.862. The Bertz CT molecular complexity index is 366. The average molecular weight is 321 g/mol. The van der Waals surface area contributed by atoms with Crippen molar-refractivity contribution < 1.29 is 29.0 Å². The lowest BCUT2D eigenvalue weighted by Gasteiger charge is -2.22. The summed E-state index contributed by atoms with van der Waals surface area (Å²) in [5.74, 6) is -0.895. The summed E-state index contributed by atoms with van der Waals surface area (Å²) in [7, 11) is 0. The van der Waals surface area contributed by atoms with Crippen LogP contribution < -0.4 is 5.32 Å². The van der Waals surface area contributed by atoms with Gasteiger partial charge in [0.25, 0.3) is 0 Å². The third-order valence-electron chi connectivity index (χ3n) is 2.01. The third kappa shape index (κ3) is 10.9. The molecule has 21 heavy (non-hydrogen) atoms. The molecule has 1 atom stereocenters. The largest absolute Gasteiger partial charge is 0.481 e. The van der Waals surface area contributed by atoms with Crippen molar-refractivity contribution in [2.45, 2.75) is 45.8 Å². The summed E-state index contributed by atoms with van der Waals surface area (Å²) in [4.78, 5) is 33.8. The van der Waals surface area contributed by atoms with Crippen molar-refractivity contribution in [3.05, 3.63) is 0 Å². The Kier molecular flexibility index (Phi) is 8.84. The molecule has 0 aromatic heterocycles. The summed E-state index contributed by atoms with van der Waals surface area (Å²) >= 11 is 1.25. The highest BCUT2D eigenvalue weighted by Gasteiger charge is 2.25. The molecule has 0 unspecified atom stereocenters. The first-order valence-corrected chi connectivity index (χ1v) is 7.77. The van der Waals surface area contributed by atoms with E-state index < -0.39 is 29.7 Å². The fraction of sp³-hybridized carbons (Fsp3) is 0.769. The molecule has 0 aromatic carbocycles. The number of hydrogen-bond donors (Lipinski definition) is 2. The molecule has 0 aliphatic heterocycles. The smallest absolute Gasteiger partial charge is 0.408 e. The molecule has 0 bridgehead atoms. The van der Waals surface area contributed by atoms with Gasteiger partial charge in [0, 0.05) is 11.5 Å². The van der Waals surface area contributed by atoms with Gasteiger partial charge in [0.05, 0.1) is 13.0 Å². The summed E-state index contributed by atoms with van der Waals surface area (Å²) in [5, 5.41) is 11.0. The Morgan fingerprint density at radius 2 is 1.90 bits per heavy atom. The molecular formula is C13H23NO6S. The van der Waals surface area contributed by atoms with Gasteiger partial charge in [-0.25, -0.2) is 9.59 Å². The minimum atomic E-state index is -0.907. The number of alkyl carbamates (subject to hydrolysis) is 1. The Morgan fingerprint density at radius 1 is 1.29 bits per heavy atom. The Morgan fingerprint density at radius 3 is 2.38 bits per heavy atom. The molecule has 7 nitrogen and oxygen atoms in total. The highest BCUT2D eigenvalue weighted by atomic mass is 32.2. The van der Waals surface area contributed by atoms with Crippen LogP contribution in [-0.2, 0) is 19.1 Å². The van der Waals surface area contributed by atoms with E-state index in [4.69, 9.17) is 14.6 Å². The molecule has 8 heteroatoms. The van der Waals surface area contributed by atoms with Gasteiger partial charge in [-0.2, -0.15) is 11.8 Å². The second-order valence-corrected chi connectivity index (χ2v) is 6.32. The van der Waals surface area contributed by atoms with E-state index in [1.54, 1.807) is 27.7 Å². The van der Waals surface area contributed by atoms with Crippen LogP contribution in [0, 0.1) is 0 Å². The number of carboxylic acid groups (broad SMARTS) is 1. The van der Waals surface area contributed by atoms with Crippen LogP contribution in [0.4, 0.5) is 4.79 Å². The molecule has 0 saturated carbocycles. The van der Waals surface area contributed by atoms with E-state index in [-0.39, 0.29) is 18.8 Å². The number of rotatable bonds is 8. The number of hydrogen-bond acceptors (Lipinski definition) is 6. The van der Waals surface area contributed by atoms with Gasteiger partial charge in [0.2, 0.25) is 0 Å². The predicted octanol–water partition coefficient (Wildman–Crippen LogP) is 1.65. The lowest BCUT2D eigenvalue weighted by Crippen LogP contribution is -2.45. The van der Waals surface area contributed by atoms with E-state index in [0.717, 1.165) is 0 Å². The van der Waals surface area contributed by atoms with Gasteiger partial charge in [-0.15, -0.1) is 0 Å². The number of esters is 1. The first kappa shape index (κ1) is 19.6. The lowest BCUT2D eigenvalue weighted by molar-refractivity contribution is -0.145. The van der Waals surface area contributed by atoms with Crippen LogP contribution in [0.25, 0.3) is 0 Å². The highest BCUT2D eigenvalue weighted by Crippen LogP contribution is 2.10. The number of aliphatic carboxylic acids is 1. The zero-order valence-corrected chi connectivity index (χ0v) is 13.6. The number of carbonyl (C=O) groups is 3. The molecule has 0 heterocycles. The van der Waals surface area contributed by atoms with Gasteiger partial charge >= 0.3 is 18.0 Å². The van der Waals surface area contributed by atoms with E-state index >= 15 is 0 Å². The quantitative estimate of drug-likeness (QED) is 0.517. The lowest BCUT2D eigenvalue weighted by atomic mass is 10.2. The molecule has 1 amide bonds. The summed E-state index contributed by atoms with van der Waals surface area (Å²) in [6.07, 6.45) is -0.716. The number of nitrogens with one attached hydrogen (secondary N) is 1. The fourth-order valence-electron chi connectivity index (χ4n) is 1.22. The molecule has 0 aliphatic rings. The van der Waals surface area contributed by atoms with Crippen LogP contribution in [0.3, 0.4) is 0 Å². The van der Waals surface area contributed by atoms with Crippen LogP contribution in [0.1, 0.15) is 34.1 Å². The van der Waals surface area contributed by atoms with Crippen LogP contribution in [0.15, 0.2) is 0 Å². The van der Waals surface area contributed by atoms with Gasteiger partial charge in [-0.05, 0) is 27.7 Å². The van der Waals surface area contributed by atoms with E-state index in [2.05, 4.69) is 5.32 Å². The maximum atomic E-state index is 11.8. The zero-order valence-electron chi connectivity index (χ0n) is 12.8. The van der Waals surface area contributed by atoms with Crippen molar-refractivity contribution in [1.29, 1.82) is 0 Å². The van der Waals surface area contributed by atoms with Crippen LogP contribution in [-0.4, -0.2) is 52.9 Å². The minimum Gasteiger partial charge on any atom is -0.481 e. The van der Waals surface area contributed by atoms with Crippen LogP contribution in [0.2, 0.25) is 0 Å². The molecule has 0 aromatic rings. The Labute approximate surface area is 128 Å². The molecular weight excluding hydrogens is 298 g/mol. The predicted molar refractivity (Wildman–Crippen MR) is 79.4 cm³/mol. The average Bonchev–Trinajstić information content (AvgIpc) is 2.30. The second kappa shape index (κ2) is 9.49. The van der Waals surface area contributed by atoms with E-state index in [9.17, 15) is 14.4 Å². The van der Waals surface area contributed by atoms with Crippen molar-refractivity contribution in [2.75, 3.05) is 18.1 Å². The summed E-state index contributed by atoms with van der Waals surface area (Å²) in [6.45, 7) is 7.01. The molecule has 122 valence electrons. The molecule has 0 rings (SSSR count). The van der Waals surface area contributed by atoms with Gasteiger partial charge in [-0.3, -0.25) is 4.79 Å². The van der Waals surface area contributed by atoms with E-state index in [0.29, 0.717) is 5.75 Å². The fourth-order valence-corrected chi connectivity index (χ4v) is 2.16. The number of amides is 1. The van der Waals surface area contributed by atoms with Crippen molar-refractivity contribution >= 4 is 29.8 Å². The van der Waals surface area contributed by atoms with Gasteiger partial charge < -0.3 is 19.9 Å². The van der Waals surface area contributed by atoms with Crippen molar-refractivity contribution in [2.24, 2.45) is 0 Å². The zero-order chi connectivity index (χ0) is 16.5. The number of ether oxygens (including phenoxy) is 2. The molecule has 0 spiro atoms. The van der Waals surface area contributed by atoms with Gasteiger partial charge in [0.15, 0.2) is 0 Å². The van der Waals surface area contributed by atoms with E-state index in [1.165, 1.54) is 11.8 Å². The second-order valence-electron chi connectivity index (χ2n) is 5.17. The number of thioether (sulfide) groups is 1. The first-order chi connectivity index (χ1) is 9.65. The molecule has 0 fully saturated rings. The number of carboxylic acids is 1. The standard InChI is InChI=1S/C13H23NO6S/c1-5-19-11(17)9(8-21-7-6-10(15)16)14-12(18)20-13(2,3)4/h9H,5-8H2,1-4H3,(H,14,18)(H,15,16)/t9-/m0/s1. The Balaban J connectivity index is 4.42. The third-order valence-corrected chi connectivity index (χ3v) is 3.07. The van der Waals surface area contributed by atoms with Gasteiger partial charge in [0.1, 0.15) is 11.6 Å². The minimum absolute atomic E-state index is 0.00729. The Hall–Kier alpha value is -1.44. The van der Waals surface area contributed by atoms with Crippen LogP contribution >= 0.6 is 11.8 Å². The topological polar surface area (TPSA) is 102 Å². The van der Waals surface area contributed by atoms with E-state index in [1.807, 2.05) is 0 Å². The van der Waals surface area contributed by atoms with Crippen molar-refractivity contribution in [3.8, 4) is 0 Å². The number of carbonyl (C=O) groups excluding carboxylic acids is 2. The molecule has 2 N–H and O–H groups in total. The summed E-state index contributed by atoms with van der Waals surface area (Å²) < 4.78 is 9.95. The van der Waals surface area contributed by atoms with Gasteiger partial charge in [-0.1, -0.05) is 0 Å². The van der Waals surface area contributed by atoms with Crippen molar-refractivity contribution in [1.82, 2.24) is 5.32 Å². The van der Waals surface area contributed by atoms with Crippen molar-refractivity contribution in [3.63, 3.8) is 0 Å². The first-order valence-electron chi connectivity index (χ1n) is 6.61. The summed E-state index contributed by atoms with van der Waals surface area (Å²) in [5.41, 5.74) is -0.667. The molecule has 0 aliphatic carbocycles. The monoisotopic (exact) mass is 321 g/mol. The maximum absolute atomic E-state index is 11.8. The van der Waals surface area contributed by atoms with Crippen LogP contribution in [0.5, 0.6) is 0 Å². The normalized spacial score (nSPS) is 12.4.